The fourth-order valence-corrected chi connectivity index (χ4v) is 1.47. The summed E-state index contributed by atoms with van der Waals surface area (Å²) in [5.41, 5.74) is 1.41. The van der Waals surface area contributed by atoms with E-state index in [0.29, 0.717) is 5.69 Å². The van der Waals surface area contributed by atoms with Crippen LogP contribution in [0.4, 0.5) is 0 Å². The predicted molar refractivity (Wildman–Crippen MR) is 55.2 cm³/mol. The number of halogens is 1. The van der Waals surface area contributed by atoms with Gasteiger partial charge in [0.05, 0.1) is 5.52 Å². The molecule has 0 bridgehead atoms. The minimum atomic E-state index is 0.561. The predicted octanol–water partition coefficient (Wildman–Crippen LogP) is 2.37. The van der Waals surface area contributed by atoms with Crippen molar-refractivity contribution in [2.75, 3.05) is 0 Å². The highest BCUT2D eigenvalue weighted by Gasteiger charge is 1.97. The third-order valence-corrected chi connectivity index (χ3v) is 2.19. The highest BCUT2D eigenvalue weighted by Crippen LogP contribution is 2.17. The summed E-state index contributed by atoms with van der Waals surface area (Å²) in [6.07, 6.45) is 5.21. The lowest BCUT2D eigenvalue weighted by Crippen LogP contribution is -1.87. The summed E-state index contributed by atoms with van der Waals surface area (Å²) in [7, 11) is 0. The van der Waals surface area contributed by atoms with E-state index in [1.54, 1.807) is 0 Å². The van der Waals surface area contributed by atoms with Crippen LogP contribution in [0.5, 0.6) is 0 Å². The molecule has 0 atom stereocenters. The molecule has 1 aromatic carbocycles. The molecule has 2 rings (SSSR count). The number of terminal acetylenes is 1. The van der Waals surface area contributed by atoms with Gasteiger partial charge < -0.3 is 0 Å². The van der Waals surface area contributed by atoms with Crippen LogP contribution < -0.4 is 0 Å². The Morgan fingerprint density at radius 2 is 2.08 bits per heavy atom. The van der Waals surface area contributed by atoms with E-state index in [9.17, 15) is 0 Å². The number of hydrogen-bond acceptors (Lipinski definition) is 2. The van der Waals surface area contributed by atoms with Crippen LogP contribution >= 0.6 is 15.9 Å². The van der Waals surface area contributed by atoms with Crippen molar-refractivity contribution in [1.29, 1.82) is 0 Å². The van der Waals surface area contributed by atoms with Gasteiger partial charge in [-0.25, -0.2) is 0 Å². The van der Waals surface area contributed by atoms with E-state index in [4.69, 9.17) is 6.42 Å². The van der Waals surface area contributed by atoms with Crippen molar-refractivity contribution in [3.63, 3.8) is 0 Å². The van der Waals surface area contributed by atoms with Crippen molar-refractivity contribution in [2.45, 2.75) is 0 Å². The molecule has 0 fully saturated rings. The largest absolute Gasteiger partial charge is 0.149 e. The van der Waals surface area contributed by atoms with Crippen LogP contribution in [-0.4, -0.2) is 10.2 Å². The fraction of sp³-hybridized carbons (Fsp3) is 0. The molecule has 0 aliphatic heterocycles. The van der Waals surface area contributed by atoms with Crippen molar-refractivity contribution >= 4 is 26.8 Å². The molecule has 1 aromatic heterocycles. The van der Waals surface area contributed by atoms with Gasteiger partial charge in [0.1, 0.15) is 5.69 Å². The van der Waals surface area contributed by atoms with E-state index in [1.165, 1.54) is 0 Å². The first-order chi connectivity index (χ1) is 6.29. The van der Waals surface area contributed by atoms with E-state index in [0.717, 1.165) is 15.4 Å². The molecule has 0 amide bonds. The average molecular weight is 233 g/mol. The van der Waals surface area contributed by atoms with Gasteiger partial charge in [-0.15, -0.1) is 16.6 Å². The lowest BCUT2D eigenvalue weighted by molar-refractivity contribution is 1.06. The number of aromatic nitrogens is 2. The molecule has 0 aliphatic carbocycles. The molecule has 0 saturated heterocycles. The van der Waals surface area contributed by atoms with E-state index in [-0.39, 0.29) is 0 Å². The Morgan fingerprint density at radius 1 is 1.23 bits per heavy atom. The van der Waals surface area contributed by atoms with Gasteiger partial charge in [-0.05, 0) is 30.2 Å². The first kappa shape index (κ1) is 8.21. The molecule has 0 spiro atoms. The maximum atomic E-state index is 5.21. The Bertz CT molecular complexity index is 500. The van der Waals surface area contributed by atoms with Gasteiger partial charge in [0.2, 0.25) is 0 Å². The summed E-state index contributed by atoms with van der Waals surface area (Å²) in [4.78, 5) is 0. The average Bonchev–Trinajstić information content (AvgIpc) is 2.16. The van der Waals surface area contributed by atoms with Crippen LogP contribution in [0.2, 0.25) is 0 Å². The minimum Gasteiger partial charge on any atom is -0.149 e. The summed E-state index contributed by atoms with van der Waals surface area (Å²) in [6, 6.07) is 7.62. The molecule has 1 heterocycles. The van der Waals surface area contributed by atoms with Gasteiger partial charge in [-0.2, -0.15) is 0 Å². The third-order valence-electron chi connectivity index (χ3n) is 1.70. The monoisotopic (exact) mass is 232 g/mol. The maximum absolute atomic E-state index is 5.21. The van der Waals surface area contributed by atoms with Crippen LogP contribution in [0.1, 0.15) is 5.69 Å². The fourth-order valence-electron chi connectivity index (χ4n) is 1.09. The third kappa shape index (κ3) is 1.53. The van der Waals surface area contributed by atoms with Crippen molar-refractivity contribution in [2.24, 2.45) is 0 Å². The molecule has 0 saturated carbocycles. The standard InChI is InChI=1S/C10H5BrN2/c1-2-9-6-7-5-8(11)3-4-10(7)13-12-9/h1,3-6H. The summed E-state index contributed by atoms with van der Waals surface area (Å²) < 4.78 is 1.01. The van der Waals surface area contributed by atoms with Crippen LogP contribution in [-0.2, 0) is 0 Å². The van der Waals surface area contributed by atoms with Crippen LogP contribution in [0.25, 0.3) is 10.9 Å². The first-order valence-electron chi connectivity index (χ1n) is 3.69. The Kier molecular flexibility index (Phi) is 1.99. The van der Waals surface area contributed by atoms with Crippen molar-refractivity contribution in [3.8, 4) is 12.3 Å². The quantitative estimate of drug-likeness (QED) is 0.653. The minimum absolute atomic E-state index is 0.561. The topological polar surface area (TPSA) is 25.8 Å². The second-order valence-electron chi connectivity index (χ2n) is 2.58. The van der Waals surface area contributed by atoms with Crippen molar-refractivity contribution in [1.82, 2.24) is 10.2 Å². The van der Waals surface area contributed by atoms with Gasteiger partial charge in [-0.3, -0.25) is 0 Å². The second-order valence-corrected chi connectivity index (χ2v) is 3.49. The Hall–Kier alpha value is -1.40. The lowest BCUT2D eigenvalue weighted by atomic mass is 10.2. The molecule has 0 aliphatic rings. The first-order valence-corrected chi connectivity index (χ1v) is 4.48. The van der Waals surface area contributed by atoms with E-state index in [1.807, 2.05) is 24.3 Å². The molecular formula is C10H5BrN2. The summed E-state index contributed by atoms with van der Waals surface area (Å²) in [5.74, 6) is 2.45. The second kappa shape index (κ2) is 3.15. The van der Waals surface area contributed by atoms with Crippen LogP contribution in [0.15, 0.2) is 28.7 Å². The Morgan fingerprint density at radius 3 is 2.85 bits per heavy atom. The molecule has 0 unspecified atom stereocenters. The maximum Gasteiger partial charge on any atom is 0.136 e. The highest BCUT2D eigenvalue weighted by atomic mass is 79.9. The molecule has 2 nitrogen and oxygen atoms in total. The Labute approximate surface area is 84.1 Å². The number of nitrogens with zero attached hydrogens (tertiary/aromatic N) is 2. The molecule has 3 heteroatoms. The van der Waals surface area contributed by atoms with Crippen molar-refractivity contribution < 1.29 is 0 Å². The smallest absolute Gasteiger partial charge is 0.136 e. The van der Waals surface area contributed by atoms with Crippen LogP contribution in [0, 0.1) is 12.3 Å². The lowest BCUT2D eigenvalue weighted by Gasteiger charge is -1.96. The molecule has 62 valence electrons. The van der Waals surface area contributed by atoms with Crippen LogP contribution in [0.3, 0.4) is 0 Å². The SMILES string of the molecule is C#Cc1cc2cc(Br)ccc2nn1. The molecule has 0 radical (unpaired) electrons. The number of benzene rings is 1. The van der Waals surface area contributed by atoms with Gasteiger partial charge in [0, 0.05) is 9.86 Å². The molecule has 13 heavy (non-hydrogen) atoms. The van der Waals surface area contributed by atoms with E-state index < -0.39 is 0 Å². The zero-order valence-corrected chi connectivity index (χ0v) is 8.25. The Balaban J connectivity index is 2.77. The number of rotatable bonds is 0. The summed E-state index contributed by atoms with van der Waals surface area (Å²) in [6.45, 7) is 0. The number of fused-ring (bicyclic) bond motifs is 1. The van der Waals surface area contributed by atoms with E-state index in [2.05, 4.69) is 32.0 Å². The highest BCUT2D eigenvalue weighted by molar-refractivity contribution is 9.10. The van der Waals surface area contributed by atoms with Gasteiger partial charge >= 0.3 is 0 Å². The zero-order valence-electron chi connectivity index (χ0n) is 6.66. The zero-order chi connectivity index (χ0) is 9.26. The van der Waals surface area contributed by atoms with Crippen molar-refractivity contribution in [3.05, 3.63) is 34.4 Å². The molecular weight excluding hydrogens is 228 g/mol. The van der Waals surface area contributed by atoms with Gasteiger partial charge in [-0.1, -0.05) is 15.9 Å². The normalized spacial score (nSPS) is 9.85. The molecule has 0 N–H and O–H groups in total. The van der Waals surface area contributed by atoms with E-state index >= 15 is 0 Å². The van der Waals surface area contributed by atoms with Gasteiger partial charge in [0.15, 0.2) is 0 Å². The summed E-state index contributed by atoms with van der Waals surface area (Å²) in [5, 5.41) is 8.83. The number of hydrogen-bond donors (Lipinski definition) is 0. The van der Waals surface area contributed by atoms with Gasteiger partial charge in [0.25, 0.3) is 0 Å². The summed E-state index contributed by atoms with van der Waals surface area (Å²) >= 11 is 3.38. The molecule has 2 aromatic rings.